The maximum atomic E-state index is 13.4. The number of ether oxygens (including phenoxy) is 1. The Balaban J connectivity index is 1.65. The van der Waals surface area contributed by atoms with E-state index < -0.39 is 11.4 Å². The number of carbonyl (C=O) groups is 1. The monoisotopic (exact) mass is 352 g/mol. The first-order valence-corrected chi connectivity index (χ1v) is 8.55. The van der Waals surface area contributed by atoms with E-state index in [1.54, 1.807) is 17.0 Å². The van der Waals surface area contributed by atoms with Gasteiger partial charge in [-0.25, -0.2) is 9.18 Å². The summed E-state index contributed by atoms with van der Waals surface area (Å²) in [5.74, 6) is -0.218. The number of amides is 1. The van der Waals surface area contributed by atoms with Gasteiger partial charge in [-0.2, -0.15) is 5.26 Å². The Labute approximate surface area is 152 Å². The molecular weight excluding hydrogens is 331 g/mol. The lowest BCUT2D eigenvalue weighted by molar-refractivity contribution is 0.00819. The molecule has 0 radical (unpaired) electrons. The van der Waals surface area contributed by atoms with E-state index in [1.807, 2.05) is 51.1 Å². The molecule has 1 aliphatic heterocycles. The van der Waals surface area contributed by atoms with Gasteiger partial charge in [-0.3, -0.25) is 0 Å². The fraction of sp³-hybridized carbons (Fsp3) is 0.333. The third kappa shape index (κ3) is 3.85. The number of nitriles is 1. The van der Waals surface area contributed by atoms with Crippen LogP contribution in [0.15, 0.2) is 42.5 Å². The second-order valence-corrected chi connectivity index (χ2v) is 7.51. The number of nitrogens with zero attached hydrogens (tertiary/aromatic N) is 2. The van der Waals surface area contributed by atoms with Gasteiger partial charge < -0.3 is 9.64 Å². The fourth-order valence-corrected chi connectivity index (χ4v) is 2.90. The van der Waals surface area contributed by atoms with Gasteiger partial charge in [-0.1, -0.05) is 30.3 Å². The van der Waals surface area contributed by atoms with Gasteiger partial charge in [0.25, 0.3) is 0 Å². The maximum Gasteiger partial charge on any atom is 0.410 e. The second kappa shape index (κ2) is 6.80. The summed E-state index contributed by atoms with van der Waals surface area (Å²) in [5.41, 5.74) is 2.43. The lowest BCUT2D eigenvalue weighted by Gasteiger charge is -2.40. The SMILES string of the molecule is CC(C)(C)OC(=O)N1CC(c2ccc(-c3ccc(F)c(C#N)c3)cc2)C1. The van der Waals surface area contributed by atoms with Crippen LogP contribution in [0.3, 0.4) is 0 Å². The van der Waals surface area contributed by atoms with Crippen LogP contribution in [-0.4, -0.2) is 29.7 Å². The summed E-state index contributed by atoms with van der Waals surface area (Å²) in [5, 5.41) is 8.95. The first-order valence-electron chi connectivity index (χ1n) is 8.55. The highest BCUT2D eigenvalue weighted by atomic mass is 19.1. The molecule has 0 bridgehead atoms. The summed E-state index contributed by atoms with van der Waals surface area (Å²) in [6.07, 6.45) is -0.277. The van der Waals surface area contributed by atoms with Crippen LogP contribution in [0.5, 0.6) is 0 Å². The predicted octanol–water partition coefficient (Wildman–Crippen LogP) is 4.70. The topological polar surface area (TPSA) is 53.3 Å². The lowest BCUT2D eigenvalue weighted by Crippen LogP contribution is -2.50. The molecule has 2 aromatic rings. The molecule has 5 heteroatoms. The average Bonchev–Trinajstić information content (AvgIpc) is 2.53. The Morgan fingerprint density at radius 2 is 1.77 bits per heavy atom. The Hall–Kier alpha value is -2.87. The smallest absolute Gasteiger partial charge is 0.410 e. The van der Waals surface area contributed by atoms with E-state index in [0.29, 0.717) is 19.0 Å². The molecule has 0 atom stereocenters. The number of likely N-dealkylation sites (tertiary alicyclic amines) is 1. The van der Waals surface area contributed by atoms with E-state index in [0.717, 1.165) is 16.7 Å². The van der Waals surface area contributed by atoms with Crippen molar-refractivity contribution in [2.24, 2.45) is 0 Å². The number of hydrogen-bond donors (Lipinski definition) is 0. The van der Waals surface area contributed by atoms with Crippen molar-refractivity contribution < 1.29 is 13.9 Å². The number of halogens is 1. The van der Waals surface area contributed by atoms with Gasteiger partial charge in [0.2, 0.25) is 0 Å². The van der Waals surface area contributed by atoms with E-state index in [9.17, 15) is 9.18 Å². The highest BCUT2D eigenvalue weighted by molar-refractivity contribution is 5.70. The summed E-state index contributed by atoms with van der Waals surface area (Å²) >= 11 is 0. The molecule has 26 heavy (non-hydrogen) atoms. The van der Waals surface area contributed by atoms with Gasteiger partial charge in [0.15, 0.2) is 0 Å². The van der Waals surface area contributed by atoms with Gasteiger partial charge in [0, 0.05) is 19.0 Å². The van der Waals surface area contributed by atoms with E-state index in [-0.39, 0.29) is 11.7 Å². The molecule has 1 aliphatic rings. The van der Waals surface area contributed by atoms with Gasteiger partial charge in [0.05, 0.1) is 5.56 Å². The van der Waals surface area contributed by atoms with Crippen molar-refractivity contribution >= 4 is 6.09 Å². The number of hydrogen-bond acceptors (Lipinski definition) is 3. The average molecular weight is 352 g/mol. The minimum absolute atomic E-state index is 0.0403. The zero-order valence-corrected chi connectivity index (χ0v) is 15.1. The Bertz CT molecular complexity index is 857. The molecule has 134 valence electrons. The largest absolute Gasteiger partial charge is 0.444 e. The van der Waals surface area contributed by atoms with Crippen molar-refractivity contribution in [2.45, 2.75) is 32.3 Å². The predicted molar refractivity (Wildman–Crippen MR) is 97.1 cm³/mol. The highest BCUT2D eigenvalue weighted by Gasteiger charge is 2.34. The van der Waals surface area contributed by atoms with Crippen molar-refractivity contribution in [2.75, 3.05) is 13.1 Å². The number of benzene rings is 2. The van der Waals surface area contributed by atoms with E-state index in [2.05, 4.69) is 0 Å². The number of rotatable bonds is 2. The van der Waals surface area contributed by atoms with Crippen LogP contribution in [0.25, 0.3) is 11.1 Å². The lowest BCUT2D eigenvalue weighted by atomic mass is 9.90. The Morgan fingerprint density at radius 3 is 2.35 bits per heavy atom. The van der Waals surface area contributed by atoms with Gasteiger partial charge in [0.1, 0.15) is 17.5 Å². The molecule has 1 saturated heterocycles. The van der Waals surface area contributed by atoms with Crippen LogP contribution in [0, 0.1) is 17.1 Å². The molecule has 0 aliphatic carbocycles. The maximum absolute atomic E-state index is 13.4. The standard InChI is InChI=1S/C21H21FN2O2/c1-21(2,3)26-20(25)24-12-18(13-24)15-6-4-14(5-7-15)16-8-9-19(22)17(10-16)11-23/h4-10,18H,12-13H2,1-3H3. The highest BCUT2D eigenvalue weighted by Crippen LogP contribution is 2.30. The van der Waals surface area contributed by atoms with Crippen molar-refractivity contribution in [1.82, 2.24) is 4.90 Å². The third-order valence-electron chi connectivity index (χ3n) is 4.34. The molecule has 1 fully saturated rings. The van der Waals surface area contributed by atoms with Crippen LogP contribution in [0.4, 0.5) is 9.18 Å². The van der Waals surface area contributed by atoms with E-state index in [4.69, 9.17) is 10.00 Å². The summed E-state index contributed by atoms with van der Waals surface area (Å²) in [7, 11) is 0. The van der Waals surface area contributed by atoms with Crippen molar-refractivity contribution in [3.63, 3.8) is 0 Å². The van der Waals surface area contributed by atoms with E-state index in [1.165, 1.54) is 6.07 Å². The fourth-order valence-electron chi connectivity index (χ4n) is 2.90. The van der Waals surface area contributed by atoms with Crippen LogP contribution in [0.1, 0.15) is 37.8 Å². The normalized spacial score (nSPS) is 14.5. The van der Waals surface area contributed by atoms with Crippen molar-refractivity contribution in [3.8, 4) is 17.2 Å². The minimum Gasteiger partial charge on any atom is -0.444 e. The molecule has 0 aromatic heterocycles. The summed E-state index contributed by atoms with van der Waals surface area (Å²) in [6, 6.07) is 14.3. The van der Waals surface area contributed by atoms with Crippen LogP contribution >= 0.6 is 0 Å². The van der Waals surface area contributed by atoms with Crippen LogP contribution < -0.4 is 0 Å². The van der Waals surface area contributed by atoms with Crippen LogP contribution in [0.2, 0.25) is 0 Å². The Morgan fingerprint density at radius 1 is 1.15 bits per heavy atom. The molecule has 3 rings (SSSR count). The molecule has 1 amide bonds. The van der Waals surface area contributed by atoms with Gasteiger partial charge in [-0.15, -0.1) is 0 Å². The van der Waals surface area contributed by atoms with Gasteiger partial charge in [-0.05, 0) is 49.6 Å². The molecular formula is C21H21FN2O2. The molecule has 0 saturated carbocycles. The molecule has 2 aromatic carbocycles. The molecule has 0 N–H and O–H groups in total. The number of carbonyl (C=O) groups excluding carboxylic acids is 1. The summed E-state index contributed by atoms with van der Waals surface area (Å²) in [4.78, 5) is 13.7. The first kappa shape index (κ1) is 17.9. The van der Waals surface area contributed by atoms with Crippen molar-refractivity contribution in [3.05, 3.63) is 59.4 Å². The zero-order valence-electron chi connectivity index (χ0n) is 15.1. The van der Waals surface area contributed by atoms with Crippen LogP contribution in [-0.2, 0) is 4.74 Å². The first-order chi connectivity index (χ1) is 12.3. The molecule has 0 spiro atoms. The minimum atomic E-state index is -0.510. The van der Waals surface area contributed by atoms with Crippen molar-refractivity contribution in [1.29, 1.82) is 5.26 Å². The molecule has 1 heterocycles. The Kier molecular flexibility index (Phi) is 4.69. The quantitative estimate of drug-likeness (QED) is 0.787. The zero-order chi connectivity index (χ0) is 18.9. The van der Waals surface area contributed by atoms with E-state index >= 15 is 0 Å². The third-order valence-corrected chi connectivity index (χ3v) is 4.34. The second-order valence-electron chi connectivity index (χ2n) is 7.51. The van der Waals surface area contributed by atoms with Gasteiger partial charge >= 0.3 is 6.09 Å². The summed E-state index contributed by atoms with van der Waals surface area (Å²) in [6.45, 7) is 6.85. The summed E-state index contributed by atoms with van der Waals surface area (Å²) < 4.78 is 18.8. The molecule has 0 unspecified atom stereocenters. The molecule has 4 nitrogen and oxygen atoms in total.